The van der Waals surface area contributed by atoms with Crippen LogP contribution in [0.4, 0.5) is 10.6 Å². The molecule has 126 valence electrons. The van der Waals surface area contributed by atoms with Crippen LogP contribution < -0.4 is 5.32 Å². The maximum atomic E-state index is 12.4. The number of aromatic nitrogens is 1. The number of benzene rings is 1. The zero-order valence-electron chi connectivity index (χ0n) is 13.2. The number of piperazine rings is 1. The molecule has 0 radical (unpaired) electrons. The van der Waals surface area contributed by atoms with E-state index in [0.29, 0.717) is 48.3 Å². The molecule has 0 spiro atoms. The van der Waals surface area contributed by atoms with Gasteiger partial charge in [0, 0.05) is 42.8 Å². The second-order valence-corrected chi connectivity index (χ2v) is 5.98. The number of amides is 3. The Morgan fingerprint density at radius 3 is 2.50 bits per heavy atom. The fourth-order valence-electron chi connectivity index (χ4n) is 2.53. The Morgan fingerprint density at radius 2 is 1.88 bits per heavy atom. The number of aryl methyl sites for hydroxylation is 1. The van der Waals surface area contributed by atoms with E-state index in [9.17, 15) is 9.59 Å². The summed E-state index contributed by atoms with van der Waals surface area (Å²) in [5.74, 6) is 0.932. The third kappa shape index (κ3) is 3.68. The van der Waals surface area contributed by atoms with Crippen LogP contribution in [0.15, 0.2) is 34.9 Å². The highest BCUT2D eigenvalue weighted by atomic mass is 35.5. The third-order valence-corrected chi connectivity index (χ3v) is 4.02. The smallest absolute Gasteiger partial charge is 0.323 e. The summed E-state index contributed by atoms with van der Waals surface area (Å²) in [6.07, 6.45) is 0. The van der Waals surface area contributed by atoms with Gasteiger partial charge in [0.05, 0.1) is 0 Å². The summed E-state index contributed by atoms with van der Waals surface area (Å²) >= 11 is 5.93. The van der Waals surface area contributed by atoms with E-state index in [1.165, 1.54) is 0 Å². The fourth-order valence-corrected chi connectivity index (χ4v) is 2.72. The predicted octanol–water partition coefficient (Wildman–Crippen LogP) is 2.63. The van der Waals surface area contributed by atoms with Gasteiger partial charge in [0.2, 0.25) is 0 Å². The van der Waals surface area contributed by atoms with Crippen molar-refractivity contribution in [2.24, 2.45) is 0 Å². The van der Waals surface area contributed by atoms with Crippen molar-refractivity contribution in [2.45, 2.75) is 6.92 Å². The largest absolute Gasteiger partial charge is 0.360 e. The maximum Gasteiger partial charge on any atom is 0.323 e. The third-order valence-electron chi connectivity index (χ3n) is 3.79. The molecule has 1 saturated heterocycles. The Balaban J connectivity index is 1.55. The number of rotatable bonds is 2. The monoisotopic (exact) mass is 348 g/mol. The van der Waals surface area contributed by atoms with Crippen molar-refractivity contribution in [3.8, 4) is 0 Å². The van der Waals surface area contributed by atoms with Crippen molar-refractivity contribution in [1.82, 2.24) is 15.0 Å². The zero-order valence-corrected chi connectivity index (χ0v) is 13.9. The number of hydrogen-bond acceptors (Lipinski definition) is 4. The summed E-state index contributed by atoms with van der Waals surface area (Å²) in [6.45, 7) is 3.60. The Hall–Kier alpha value is -2.54. The molecule has 0 unspecified atom stereocenters. The lowest BCUT2D eigenvalue weighted by Crippen LogP contribution is -2.51. The molecule has 7 nitrogen and oxygen atoms in total. The van der Waals surface area contributed by atoms with Crippen LogP contribution in [0.2, 0.25) is 5.02 Å². The highest BCUT2D eigenvalue weighted by molar-refractivity contribution is 6.30. The van der Waals surface area contributed by atoms with Crippen LogP contribution in [-0.4, -0.2) is 53.1 Å². The van der Waals surface area contributed by atoms with Gasteiger partial charge in [-0.3, -0.25) is 10.1 Å². The van der Waals surface area contributed by atoms with Gasteiger partial charge >= 0.3 is 6.03 Å². The van der Waals surface area contributed by atoms with Gasteiger partial charge in [0.25, 0.3) is 5.91 Å². The second kappa shape index (κ2) is 6.92. The van der Waals surface area contributed by atoms with Crippen molar-refractivity contribution in [2.75, 3.05) is 31.5 Å². The Kier molecular flexibility index (Phi) is 4.71. The molecule has 1 aromatic carbocycles. The minimum Gasteiger partial charge on any atom is -0.360 e. The molecule has 0 aliphatic carbocycles. The van der Waals surface area contributed by atoms with E-state index in [1.54, 1.807) is 47.1 Å². The quantitative estimate of drug-likeness (QED) is 0.904. The van der Waals surface area contributed by atoms with Gasteiger partial charge in [0.15, 0.2) is 5.82 Å². The van der Waals surface area contributed by atoms with Gasteiger partial charge in [-0.25, -0.2) is 4.79 Å². The van der Waals surface area contributed by atoms with Crippen molar-refractivity contribution in [1.29, 1.82) is 0 Å². The van der Waals surface area contributed by atoms with E-state index in [1.807, 2.05) is 0 Å². The number of halogens is 1. The summed E-state index contributed by atoms with van der Waals surface area (Å²) in [5.41, 5.74) is 0.554. The molecule has 1 aromatic heterocycles. The first-order valence-electron chi connectivity index (χ1n) is 7.57. The molecule has 0 atom stereocenters. The van der Waals surface area contributed by atoms with Crippen molar-refractivity contribution in [3.05, 3.63) is 46.7 Å². The Labute approximate surface area is 144 Å². The van der Waals surface area contributed by atoms with Gasteiger partial charge in [0.1, 0.15) is 5.76 Å². The first-order chi connectivity index (χ1) is 11.5. The number of carbonyl (C=O) groups excluding carboxylic acids is 2. The van der Waals surface area contributed by atoms with Crippen LogP contribution in [-0.2, 0) is 0 Å². The number of hydrogen-bond donors (Lipinski definition) is 1. The van der Waals surface area contributed by atoms with Crippen LogP contribution in [0, 0.1) is 6.92 Å². The second-order valence-electron chi connectivity index (χ2n) is 5.54. The van der Waals surface area contributed by atoms with Gasteiger partial charge in [-0.2, -0.15) is 0 Å². The molecule has 3 amide bonds. The predicted molar refractivity (Wildman–Crippen MR) is 89.2 cm³/mol. The van der Waals surface area contributed by atoms with Crippen molar-refractivity contribution in [3.63, 3.8) is 0 Å². The van der Waals surface area contributed by atoms with Crippen LogP contribution in [0.1, 0.15) is 16.1 Å². The summed E-state index contributed by atoms with van der Waals surface area (Å²) in [5, 5.41) is 6.94. The van der Waals surface area contributed by atoms with Crippen LogP contribution in [0.25, 0.3) is 0 Å². The number of anilines is 1. The van der Waals surface area contributed by atoms with E-state index in [-0.39, 0.29) is 11.9 Å². The molecule has 1 N–H and O–H groups in total. The van der Waals surface area contributed by atoms with Crippen molar-refractivity contribution < 1.29 is 14.1 Å². The topological polar surface area (TPSA) is 78.7 Å². The van der Waals surface area contributed by atoms with Gasteiger partial charge < -0.3 is 14.3 Å². The van der Waals surface area contributed by atoms with Crippen molar-refractivity contribution >= 4 is 29.4 Å². The molecule has 1 aliphatic heterocycles. The standard InChI is InChI=1S/C16H17ClN4O3/c1-11-9-14(19-24-11)18-16(23)21-7-5-20(6-8-21)15(22)12-3-2-4-13(17)10-12/h2-4,9-10H,5-8H2,1H3,(H,18,19,23). The molecule has 2 aromatic rings. The highest BCUT2D eigenvalue weighted by Crippen LogP contribution is 2.15. The average molecular weight is 349 g/mol. The lowest BCUT2D eigenvalue weighted by Gasteiger charge is -2.34. The van der Waals surface area contributed by atoms with E-state index in [4.69, 9.17) is 16.1 Å². The SMILES string of the molecule is Cc1cc(NC(=O)N2CCN(C(=O)c3cccc(Cl)c3)CC2)no1. The molecule has 1 fully saturated rings. The van der Waals surface area contributed by atoms with Crippen LogP contribution >= 0.6 is 11.6 Å². The average Bonchev–Trinajstić information content (AvgIpc) is 2.99. The molecule has 0 saturated carbocycles. The van der Waals surface area contributed by atoms with E-state index in [0.717, 1.165) is 0 Å². The molecular formula is C16H17ClN4O3. The number of nitrogens with one attached hydrogen (secondary N) is 1. The molecule has 1 aliphatic rings. The van der Waals surface area contributed by atoms with Crippen LogP contribution in [0.5, 0.6) is 0 Å². The molecule has 0 bridgehead atoms. The summed E-state index contributed by atoms with van der Waals surface area (Å²) < 4.78 is 4.91. The zero-order chi connectivity index (χ0) is 17.1. The molecular weight excluding hydrogens is 332 g/mol. The van der Waals surface area contributed by atoms with E-state index in [2.05, 4.69) is 10.5 Å². The first-order valence-corrected chi connectivity index (χ1v) is 7.95. The molecule has 3 rings (SSSR count). The van der Waals surface area contributed by atoms with E-state index < -0.39 is 0 Å². The lowest BCUT2D eigenvalue weighted by molar-refractivity contribution is 0.0671. The van der Waals surface area contributed by atoms with Gasteiger partial charge in [-0.15, -0.1) is 0 Å². The minimum atomic E-state index is -0.252. The first kappa shape index (κ1) is 16.3. The highest BCUT2D eigenvalue weighted by Gasteiger charge is 2.25. The van der Waals surface area contributed by atoms with Gasteiger partial charge in [-0.05, 0) is 25.1 Å². The molecule has 24 heavy (non-hydrogen) atoms. The maximum absolute atomic E-state index is 12.4. The molecule has 8 heteroatoms. The summed E-state index contributed by atoms with van der Waals surface area (Å²) in [6, 6.07) is 8.26. The fraction of sp³-hybridized carbons (Fsp3) is 0.312. The normalized spacial score (nSPS) is 14.6. The number of nitrogens with zero attached hydrogens (tertiary/aromatic N) is 3. The summed E-state index contributed by atoms with van der Waals surface area (Å²) in [4.78, 5) is 28.0. The van der Waals surface area contributed by atoms with Crippen LogP contribution in [0.3, 0.4) is 0 Å². The minimum absolute atomic E-state index is 0.0790. The molecule has 2 heterocycles. The van der Waals surface area contributed by atoms with E-state index >= 15 is 0 Å². The summed E-state index contributed by atoms with van der Waals surface area (Å²) in [7, 11) is 0. The lowest BCUT2D eigenvalue weighted by atomic mass is 10.2. The Morgan fingerprint density at radius 1 is 1.17 bits per heavy atom. The number of carbonyl (C=O) groups is 2. The Bertz CT molecular complexity index is 753. The number of urea groups is 1. The van der Waals surface area contributed by atoms with Gasteiger partial charge in [-0.1, -0.05) is 22.8 Å².